The number of carbonyl (C=O) groups excluding carboxylic acids is 1. The molecule has 0 bridgehead atoms. The molecule has 0 saturated heterocycles. The molecule has 2 rings (SSSR count). The van der Waals surface area contributed by atoms with Crippen LogP contribution in [0.3, 0.4) is 0 Å². The summed E-state index contributed by atoms with van der Waals surface area (Å²) in [5.74, 6) is 0.820. The number of methoxy groups -OCH3 is 2. The highest BCUT2D eigenvalue weighted by molar-refractivity contribution is 5.94. The minimum atomic E-state index is -0.332. The molecule has 0 atom stereocenters. The molecule has 0 fully saturated rings. The van der Waals surface area contributed by atoms with Crippen molar-refractivity contribution in [2.45, 2.75) is 0 Å². The Balaban J connectivity index is 2.10. The van der Waals surface area contributed by atoms with Crippen molar-refractivity contribution in [1.82, 2.24) is 10.4 Å². The predicted molar refractivity (Wildman–Crippen MR) is 78.8 cm³/mol. The Kier molecular flexibility index (Phi) is 4.87. The second kappa shape index (κ2) is 7.04. The van der Waals surface area contributed by atoms with Gasteiger partial charge in [0.1, 0.15) is 0 Å². The first-order chi connectivity index (χ1) is 10.3. The zero-order valence-corrected chi connectivity index (χ0v) is 11.7. The largest absolute Gasteiger partial charge is 0.493 e. The van der Waals surface area contributed by atoms with E-state index in [-0.39, 0.29) is 5.91 Å². The Bertz CT molecular complexity index is 642. The van der Waals surface area contributed by atoms with Crippen LogP contribution in [0.25, 0.3) is 0 Å². The first-order valence-corrected chi connectivity index (χ1v) is 6.20. The lowest BCUT2D eigenvalue weighted by atomic mass is 10.2. The van der Waals surface area contributed by atoms with Crippen molar-refractivity contribution in [1.29, 1.82) is 0 Å². The van der Waals surface area contributed by atoms with Crippen LogP contribution < -0.4 is 14.9 Å². The van der Waals surface area contributed by atoms with Gasteiger partial charge in [-0.25, -0.2) is 5.43 Å². The van der Waals surface area contributed by atoms with Gasteiger partial charge in [0.15, 0.2) is 11.5 Å². The van der Waals surface area contributed by atoms with Crippen molar-refractivity contribution >= 4 is 12.1 Å². The third-order valence-electron chi connectivity index (χ3n) is 2.73. The summed E-state index contributed by atoms with van der Waals surface area (Å²) in [5, 5.41) is 3.91. The Morgan fingerprint density at radius 2 is 2.10 bits per heavy atom. The van der Waals surface area contributed by atoms with Gasteiger partial charge in [-0.05, 0) is 24.3 Å². The fourth-order valence-electron chi connectivity index (χ4n) is 1.74. The van der Waals surface area contributed by atoms with Gasteiger partial charge in [-0.1, -0.05) is 6.07 Å². The van der Waals surface area contributed by atoms with Crippen molar-refractivity contribution < 1.29 is 14.3 Å². The average molecular weight is 285 g/mol. The maximum Gasteiger partial charge on any atom is 0.272 e. The number of rotatable bonds is 5. The second-order valence-electron chi connectivity index (χ2n) is 4.02. The summed E-state index contributed by atoms with van der Waals surface area (Å²) in [7, 11) is 3.10. The summed E-state index contributed by atoms with van der Waals surface area (Å²) >= 11 is 0. The highest BCUT2D eigenvalue weighted by Crippen LogP contribution is 2.29. The van der Waals surface area contributed by atoms with Crippen molar-refractivity contribution in [3.63, 3.8) is 0 Å². The minimum absolute atomic E-state index is 0.332. The van der Waals surface area contributed by atoms with Crippen LogP contribution in [0.1, 0.15) is 15.9 Å². The number of nitrogens with zero attached hydrogens (tertiary/aromatic N) is 2. The zero-order valence-electron chi connectivity index (χ0n) is 11.7. The Morgan fingerprint density at radius 3 is 2.76 bits per heavy atom. The summed E-state index contributed by atoms with van der Waals surface area (Å²) in [4.78, 5) is 15.7. The van der Waals surface area contributed by atoms with E-state index >= 15 is 0 Å². The Labute approximate surface area is 122 Å². The van der Waals surface area contributed by atoms with Gasteiger partial charge >= 0.3 is 0 Å². The number of hydrogen-bond donors (Lipinski definition) is 1. The van der Waals surface area contributed by atoms with Crippen molar-refractivity contribution in [2.24, 2.45) is 5.10 Å². The number of ether oxygens (including phenoxy) is 2. The van der Waals surface area contributed by atoms with Gasteiger partial charge < -0.3 is 9.47 Å². The highest BCUT2D eigenvalue weighted by Gasteiger charge is 2.07. The molecule has 6 nitrogen and oxygen atoms in total. The number of nitrogens with one attached hydrogen (secondary N) is 1. The third-order valence-corrected chi connectivity index (χ3v) is 2.73. The molecule has 0 aliphatic rings. The lowest BCUT2D eigenvalue weighted by Crippen LogP contribution is -2.17. The van der Waals surface area contributed by atoms with E-state index in [1.165, 1.54) is 12.4 Å². The summed E-state index contributed by atoms with van der Waals surface area (Å²) in [5.41, 5.74) is 3.57. The fraction of sp³-hybridized carbons (Fsp3) is 0.133. The standard InChI is InChI=1S/C15H15N3O3/c1-20-13-7-3-5-11(14(13)21-2)10-17-18-15(19)12-6-4-8-16-9-12/h3-10H,1-2H3,(H,18,19)/b17-10+. The number of carbonyl (C=O) groups is 1. The molecular weight excluding hydrogens is 270 g/mol. The van der Waals surface area contributed by atoms with E-state index in [9.17, 15) is 4.79 Å². The van der Waals surface area contributed by atoms with E-state index in [1.807, 2.05) is 6.07 Å². The van der Waals surface area contributed by atoms with Gasteiger partial charge in [-0.15, -0.1) is 0 Å². The lowest BCUT2D eigenvalue weighted by molar-refractivity contribution is 0.0955. The molecule has 0 aliphatic carbocycles. The summed E-state index contributed by atoms with van der Waals surface area (Å²) < 4.78 is 10.5. The molecule has 0 unspecified atom stereocenters. The maximum atomic E-state index is 11.8. The molecule has 1 amide bonds. The smallest absolute Gasteiger partial charge is 0.272 e. The number of hydrazone groups is 1. The molecule has 0 radical (unpaired) electrons. The molecule has 0 aliphatic heterocycles. The van der Waals surface area contributed by atoms with Crippen LogP contribution in [-0.2, 0) is 0 Å². The van der Waals surface area contributed by atoms with Gasteiger partial charge in [0, 0.05) is 18.0 Å². The lowest BCUT2D eigenvalue weighted by Gasteiger charge is -2.09. The van der Waals surface area contributed by atoms with Crippen LogP contribution in [0, 0.1) is 0 Å². The number of para-hydroxylation sites is 1. The van der Waals surface area contributed by atoms with Crippen LogP contribution in [-0.4, -0.2) is 31.3 Å². The monoisotopic (exact) mass is 285 g/mol. The summed E-state index contributed by atoms with van der Waals surface area (Å²) in [6.45, 7) is 0. The molecule has 0 saturated carbocycles. The van der Waals surface area contributed by atoms with Crippen LogP contribution in [0.4, 0.5) is 0 Å². The molecule has 1 aromatic heterocycles. The molecule has 108 valence electrons. The molecule has 21 heavy (non-hydrogen) atoms. The molecule has 1 N–H and O–H groups in total. The van der Waals surface area contributed by atoms with Crippen LogP contribution in [0.15, 0.2) is 47.8 Å². The van der Waals surface area contributed by atoms with Crippen molar-refractivity contribution in [3.05, 3.63) is 53.9 Å². The quantitative estimate of drug-likeness (QED) is 0.672. The Morgan fingerprint density at radius 1 is 1.24 bits per heavy atom. The second-order valence-corrected chi connectivity index (χ2v) is 4.02. The van der Waals surface area contributed by atoms with E-state index < -0.39 is 0 Å². The van der Waals surface area contributed by atoms with Gasteiger partial charge in [0.2, 0.25) is 0 Å². The average Bonchev–Trinajstić information content (AvgIpc) is 2.55. The van der Waals surface area contributed by atoms with Crippen LogP contribution >= 0.6 is 0 Å². The number of amides is 1. The third kappa shape index (κ3) is 3.56. The first kappa shape index (κ1) is 14.5. The molecule has 1 aromatic carbocycles. The Hall–Kier alpha value is -2.89. The zero-order chi connectivity index (χ0) is 15.1. The normalized spacial score (nSPS) is 10.4. The summed E-state index contributed by atoms with van der Waals surface area (Å²) in [6.07, 6.45) is 4.56. The topological polar surface area (TPSA) is 72.8 Å². The SMILES string of the molecule is COc1cccc(/C=N/NC(=O)c2cccnc2)c1OC. The van der Waals surface area contributed by atoms with Gasteiger partial charge in [0.25, 0.3) is 5.91 Å². The molecule has 1 heterocycles. The molecule has 2 aromatic rings. The fourth-order valence-corrected chi connectivity index (χ4v) is 1.74. The predicted octanol–water partition coefficient (Wildman–Crippen LogP) is 1.86. The molecule has 6 heteroatoms. The van der Waals surface area contributed by atoms with Crippen LogP contribution in [0.2, 0.25) is 0 Å². The van der Waals surface area contributed by atoms with E-state index in [2.05, 4.69) is 15.5 Å². The number of pyridine rings is 1. The van der Waals surface area contributed by atoms with Crippen LogP contribution in [0.5, 0.6) is 11.5 Å². The van der Waals surface area contributed by atoms with Gasteiger partial charge in [0.05, 0.1) is 26.0 Å². The highest BCUT2D eigenvalue weighted by atomic mass is 16.5. The van der Waals surface area contributed by atoms with E-state index in [4.69, 9.17) is 9.47 Å². The molecular formula is C15H15N3O3. The summed E-state index contributed by atoms with van der Waals surface area (Å²) in [6, 6.07) is 8.74. The first-order valence-electron chi connectivity index (χ1n) is 6.20. The number of hydrogen-bond acceptors (Lipinski definition) is 5. The number of aromatic nitrogens is 1. The number of benzene rings is 1. The van der Waals surface area contributed by atoms with Gasteiger partial charge in [-0.3, -0.25) is 9.78 Å². The van der Waals surface area contributed by atoms with E-state index in [0.29, 0.717) is 22.6 Å². The van der Waals surface area contributed by atoms with Gasteiger partial charge in [-0.2, -0.15) is 5.10 Å². The van der Waals surface area contributed by atoms with E-state index in [0.717, 1.165) is 0 Å². The maximum absolute atomic E-state index is 11.8. The van der Waals surface area contributed by atoms with Crippen molar-refractivity contribution in [3.8, 4) is 11.5 Å². The molecule has 0 spiro atoms. The van der Waals surface area contributed by atoms with E-state index in [1.54, 1.807) is 44.7 Å². The minimum Gasteiger partial charge on any atom is -0.493 e. The van der Waals surface area contributed by atoms with Crippen molar-refractivity contribution in [2.75, 3.05) is 14.2 Å².